The first kappa shape index (κ1) is 14.7. The molecule has 1 saturated heterocycles. The summed E-state index contributed by atoms with van der Waals surface area (Å²) in [5.41, 5.74) is 1.34. The Labute approximate surface area is 121 Å². The highest BCUT2D eigenvalue weighted by Gasteiger charge is 2.14. The third kappa shape index (κ3) is 5.45. The summed E-state index contributed by atoms with van der Waals surface area (Å²) < 4.78 is 5.73. The molecule has 1 aromatic carbocycles. The van der Waals surface area contributed by atoms with E-state index in [1.807, 2.05) is 11.8 Å². The molecule has 1 N–H and O–H groups in total. The van der Waals surface area contributed by atoms with E-state index in [1.165, 1.54) is 23.5 Å². The summed E-state index contributed by atoms with van der Waals surface area (Å²) in [6, 6.07) is 9.20. The lowest BCUT2D eigenvalue weighted by Crippen LogP contribution is -2.27. The maximum absolute atomic E-state index is 5.73. The van der Waals surface area contributed by atoms with Crippen LogP contribution in [0.4, 0.5) is 0 Å². The maximum atomic E-state index is 5.73. The molecule has 0 saturated carbocycles. The minimum absolute atomic E-state index is 0.701. The highest BCUT2D eigenvalue weighted by molar-refractivity contribution is 7.99. The van der Waals surface area contributed by atoms with Gasteiger partial charge in [0.05, 0.1) is 6.61 Å². The van der Waals surface area contributed by atoms with Crippen LogP contribution < -0.4 is 10.1 Å². The van der Waals surface area contributed by atoms with Crippen LogP contribution in [0.2, 0.25) is 0 Å². The highest BCUT2D eigenvalue weighted by atomic mass is 32.2. The molecule has 2 nitrogen and oxygen atoms in total. The van der Waals surface area contributed by atoms with Crippen molar-refractivity contribution in [1.29, 1.82) is 0 Å². The SMILES string of the molecule is CC(C)CCOc1ccc(CNC2CCSC2)cc1. The zero-order valence-corrected chi connectivity index (χ0v) is 12.8. The molecule has 0 aliphatic carbocycles. The summed E-state index contributed by atoms with van der Waals surface area (Å²) in [6.07, 6.45) is 2.42. The first-order valence-electron chi connectivity index (χ1n) is 7.27. The van der Waals surface area contributed by atoms with Gasteiger partial charge in [-0.05, 0) is 42.2 Å². The Bertz CT molecular complexity index is 358. The quantitative estimate of drug-likeness (QED) is 0.822. The van der Waals surface area contributed by atoms with Crippen LogP contribution in [-0.4, -0.2) is 24.2 Å². The van der Waals surface area contributed by atoms with Gasteiger partial charge in [0.1, 0.15) is 5.75 Å². The number of hydrogen-bond acceptors (Lipinski definition) is 3. The normalized spacial score (nSPS) is 19.0. The number of thioether (sulfide) groups is 1. The summed E-state index contributed by atoms with van der Waals surface area (Å²) in [5.74, 6) is 4.25. The lowest BCUT2D eigenvalue weighted by atomic mass is 10.1. The van der Waals surface area contributed by atoms with E-state index in [-0.39, 0.29) is 0 Å². The number of hydrogen-bond donors (Lipinski definition) is 1. The minimum atomic E-state index is 0.701. The van der Waals surface area contributed by atoms with Crippen LogP contribution in [0, 0.1) is 5.92 Å². The van der Waals surface area contributed by atoms with Gasteiger partial charge >= 0.3 is 0 Å². The average molecular weight is 279 g/mol. The van der Waals surface area contributed by atoms with Gasteiger partial charge in [0.2, 0.25) is 0 Å². The van der Waals surface area contributed by atoms with Gasteiger partial charge in [0.15, 0.2) is 0 Å². The Morgan fingerprint density at radius 3 is 2.74 bits per heavy atom. The molecule has 19 heavy (non-hydrogen) atoms. The first-order valence-corrected chi connectivity index (χ1v) is 8.42. The molecule has 3 heteroatoms. The molecule has 0 spiro atoms. The van der Waals surface area contributed by atoms with E-state index >= 15 is 0 Å². The van der Waals surface area contributed by atoms with E-state index in [1.54, 1.807) is 0 Å². The van der Waals surface area contributed by atoms with Crippen molar-refractivity contribution >= 4 is 11.8 Å². The first-order chi connectivity index (χ1) is 9.24. The van der Waals surface area contributed by atoms with Crippen molar-refractivity contribution < 1.29 is 4.74 Å². The van der Waals surface area contributed by atoms with Crippen LogP contribution in [0.25, 0.3) is 0 Å². The molecule has 1 unspecified atom stereocenters. The number of nitrogens with one attached hydrogen (secondary N) is 1. The van der Waals surface area contributed by atoms with E-state index < -0.39 is 0 Å². The Morgan fingerprint density at radius 1 is 1.32 bits per heavy atom. The van der Waals surface area contributed by atoms with Crippen molar-refractivity contribution in [3.05, 3.63) is 29.8 Å². The van der Waals surface area contributed by atoms with Crippen molar-refractivity contribution in [2.45, 2.75) is 39.3 Å². The smallest absolute Gasteiger partial charge is 0.119 e. The predicted octanol–water partition coefficient (Wildman–Crippen LogP) is 3.71. The second-order valence-electron chi connectivity index (χ2n) is 5.62. The predicted molar refractivity (Wildman–Crippen MR) is 84.0 cm³/mol. The fourth-order valence-electron chi connectivity index (χ4n) is 2.07. The van der Waals surface area contributed by atoms with Crippen molar-refractivity contribution in [3.63, 3.8) is 0 Å². The van der Waals surface area contributed by atoms with Crippen molar-refractivity contribution in [3.8, 4) is 5.75 Å². The van der Waals surface area contributed by atoms with Crippen LogP contribution in [0.1, 0.15) is 32.3 Å². The Kier molecular flexibility index (Phi) is 6.05. The zero-order chi connectivity index (χ0) is 13.5. The molecule has 2 rings (SSSR count). The van der Waals surface area contributed by atoms with Gasteiger partial charge in [0, 0.05) is 18.3 Å². The molecular weight excluding hydrogens is 254 g/mol. The van der Waals surface area contributed by atoms with Crippen molar-refractivity contribution in [1.82, 2.24) is 5.32 Å². The van der Waals surface area contributed by atoms with Gasteiger partial charge in [-0.15, -0.1) is 0 Å². The standard InChI is InChI=1S/C16H25NOS/c1-13(2)7-9-18-16-5-3-14(4-6-16)11-17-15-8-10-19-12-15/h3-6,13,15,17H,7-12H2,1-2H3. The summed E-state index contributed by atoms with van der Waals surface area (Å²) in [7, 11) is 0. The van der Waals surface area contributed by atoms with Gasteiger partial charge in [-0.25, -0.2) is 0 Å². The molecular formula is C16H25NOS. The fourth-order valence-corrected chi connectivity index (χ4v) is 3.26. The largest absolute Gasteiger partial charge is 0.494 e. The topological polar surface area (TPSA) is 21.3 Å². The van der Waals surface area contributed by atoms with Gasteiger partial charge < -0.3 is 10.1 Å². The molecule has 0 amide bonds. The lowest BCUT2D eigenvalue weighted by Gasteiger charge is -2.12. The molecule has 0 radical (unpaired) electrons. The molecule has 1 aliphatic rings. The number of ether oxygens (including phenoxy) is 1. The summed E-state index contributed by atoms with van der Waals surface area (Å²) in [4.78, 5) is 0. The highest BCUT2D eigenvalue weighted by Crippen LogP contribution is 2.18. The van der Waals surface area contributed by atoms with E-state index in [4.69, 9.17) is 4.74 Å². The van der Waals surface area contributed by atoms with E-state index in [2.05, 4.69) is 43.4 Å². The monoisotopic (exact) mass is 279 g/mol. The fraction of sp³-hybridized carbons (Fsp3) is 0.625. The summed E-state index contributed by atoms with van der Waals surface area (Å²) >= 11 is 2.05. The van der Waals surface area contributed by atoms with Crippen LogP contribution in [0.3, 0.4) is 0 Å². The van der Waals surface area contributed by atoms with E-state index in [9.17, 15) is 0 Å². The second-order valence-corrected chi connectivity index (χ2v) is 6.77. The average Bonchev–Trinajstić information content (AvgIpc) is 2.90. The third-order valence-corrected chi connectivity index (χ3v) is 4.57. The van der Waals surface area contributed by atoms with Crippen molar-refractivity contribution in [2.75, 3.05) is 18.1 Å². The Hall–Kier alpha value is -0.670. The van der Waals surface area contributed by atoms with Crippen LogP contribution in [0.15, 0.2) is 24.3 Å². The molecule has 1 heterocycles. The van der Waals surface area contributed by atoms with Gasteiger partial charge in [0.25, 0.3) is 0 Å². The summed E-state index contributed by atoms with van der Waals surface area (Å²) in [5, 5.41) is 3.61. The Balaban J connectivity index is 1.71. The molecule has 0 aromatic heterocycles. The Morgan fingerprint density at radius 2 is 2.11 bits per heavy atom. The van der Waals surface area contributed by atoms with E-state index in [0.29, 0.717) is 12.0 Å². The van der Waals surface area contributed by atoms with Crippen LogP contribution >= 0.6 is 11.8 Å². The molecule has 1 aliphatic heterocycles. The molecule has 1 aromatic rings. The molecule has 106 valence electrons. The van der Waals surface area contributed by atoms with Gasteiger partial charge in [-0.2, -0.15) is 11.8 Å². The molecule has 0 bridgehead atoms. The lowest BCUT2D eigenvalue weighted by molar-refractivity contribution is 0.289. The maximum Gasteiger partial charge on any atom is 0.119 e. The van der Waals surface area contributed by atoms with Gasteiger partial charge in [-0.1, -0.05) is 26.0 Å². The zero-order valence-electron chi connectivity index (χ0n) is 12.0. The van der Waals surface area contributed by atoms with Crippen molar-refractivity contribution in [2.24, 2.45) is 5.92 Å². The number of benzene rings is 1. The number of rotatable bonds is 7. The van der Waals surface area contributed by atoms with E-state index in [0.717, 1.165) is 25.3 Å². The van der Waals surface area contributed by atoms with Crippen LogP contribution in [-0.2, 0) is 6.54 Å². The molecule has 1 fully saturated rings. The third-order valence-electron chi connectivity index (χ3n) is 3.41. The summed E-state index contributed by atoms with van der Waals surface area (Å²) in [6.45, 7) is 6.23. The van der Waals surface area contributed by atoms with Crippen LogP contribution in [0.5, 0.6) is 5.75 Å². The minimum Gasteiger partial charge on any atom is -0.494 e. The second kappa shape index (κ2) is 7.81. The molecule has 1 atom stereocenters. The van der Waals surface area contributed by atoms with Gasteiger partial charge in [-0.3, -0.25) is 0 Å².